The Morgan fingerprint density at radius 2 is 1.56 bits per heavy atom. The lowest BCUT2D eigenvalue weighted by Crippen LogP contribution is -1.99. The standard InChI is InChI=1S/C10H14O2.H3O3P/c1-8-2-4-9(5-3-8)10(12)6-7-11;1-4(2)3/h2-5,10-12H,6-7H2,1H3;1-3H. The van der Waals surface area contributed by atoms with Crippen LogP contribution in [0.1, 0.15) is 23.7 Å². The summed E-state index contributed by atoms with van der Waals surface area (Å²) in [7, 11) is -2.62. The quantitative estimate of drug-likeness (QED) is 0.504. The van der Waals surface area contributed by atoms with Crippen molar-refractivity contribution in [2.45, 2.75) is 19.4 Å². The lowest BCUT2D eigenvalue weighted by Gasteiger charge is -2.08. The van der Waals surface area contributed by atoms with E-state index < -0.39 is 14.7 Å². The Balaban J connectivity index is 0.000000487. The zero-order valence-electron chi connectivity index (χ0n) is 8.98. The van der Waals surface area contributed by atoms with Gasteiger partial charge in [0.2, 0.25) is 0 Å². The lowest BCUT2D eigenvalue weighted by molar-refractivity contribution is 0.134. The fraction of sp³-hybridized carbons (Fsp3) is 0.400. The first kappa shape index (κ1) is 15.4. The third kappa shape index (κ3) is 7.70. The summed E-state index contributed by atoms with van der Waals surface area (Å²) in [6.45, 7) is 2.03. The lowest BCUT2D eigenvalue weighted by atomic mass is 10.1. The zero-order chi connectivity index (χ0) is 12.6. The number of aryl methyl sites for hydroxylation is 1. The monoisotopic (exact) mass is 248 g/mol. The van der Waals surface area contributed by atoms with E-state index in [1.165, 1.54) is 5.56 Å². The second-order valence-corrected chi connectivity index (χ2v) is 3.74. The summed E-state index contributed by atoms with van der Waals surface area (Å²) in [4.78, 5) is 21.7. The molecule has 0 saturated carbocycles. The maximum absolute atomic E-state index is 9.45. The average molecular weight is 248 g/mol. The van der Waals surface area contributed by atoms with Gasteiger partial charge in [0.05, 0.1) is 6.10 Å². The Morgan fingerprint density at radius 3 is 1.94 bits per heavy atom. The van der Waals surface area contributed by atoms with Crippen LogP contribution in [0.3, 0.4) is 0 Å². The van der Waals surface area contributed by atoms with Gasteiger partial charge >= 0.3 is 8.60 Å². The summed E-state index contributed by atoms with van der Waals surface area (Å²) in [5, 5.41) is 18.0. The molecule has 5 nitrogen and oxygen atoms in total. The van der Waals surface area contributed by atoms with Crippen LogP contribution >= 0.6 is 8.60 Å². The molecule has 1 rings (SSSR count). The largest absolute Gasteiger partial charge is 0.396 e. The summed E-state index contributed by atoms with van der Waals surface area (Å²) in [6.07, 6.45) is -0.126. The number of aliphatic hydroxyl groups is 2. The van der Waals surface area contributed by atoms with E-state index in [-0.39, 0.29) is 6.61 Å². The normalized spacial score (nSPS) is 11.9. The first-order chi connectivity index (χ1) is 7.47. The predicted octanol–water partition coefficient (Wildman–Crippen LogP) is 0.601. The van der Waals surface area contributed by atoms with Crippen LogP contribution in [0, 0.1) is 6.92 Å². The van der Waals surface area contributed by atoms with E-state index in [2.05, 4.69) is 0 Å². The van der Waals surface area contributed by atoms with Gasteiger partial charge in [0.25, 0.3) is 0 Å². The smallest absolute Gasteiger partial charge is 0.324 e. The molecular weight excluding hydrogens is 231 g/mol. The van der Waals surface area contributed by atoms with Gasteiger partial charge in [0.1, 0.15) is 0 Å². The minimum Gasteiger partial charge on any atom is -0.396 e. The molecule has 1 aromatic carbocycles. The molecule has 92 valence electrons. The molecule has 0 aromatic heterocycles. The maximum atomic E-state index is 9.45. The van der Waals surface area contributed by atoms with Crippen molar-refractivity contribution >= 4 is 8.60 Å². The van der Waals surface area contributed by atoms with Gasteiger partial charge in [-0.3, -0.25) is 0 Å². The van der Waals surface area contributed by atoms with Crippen LogP contribution in [-0.2, 0) is 0 Å². The summed E-state index contributed by atoms with van der Waals surface area (Å²) >= 11 is 0. The molecule has 0 bridgehead atoms. The van der Waals surface area contributed by atoms with Gasteiger partial charge in [-0.1, -0.05) is 29.8 Å². The minimum absolute atomic E-state index is 0.0229. The summed E-state index contributed by atoms with van der Waals surface area (Å²) in [5.41, 5.74) is 2.05. The second-order valence-electron chi connectivity index (χ2n) is 3.21. The molecular formula is C10H17O5P. The molecule has 0 radical (unpaired) electrons. The van der Waals surface area contributed by atoms with E-state index in [1.54, 1.807) is 0 Å². The molecule has 0 aliphatic carbocycles. The van der Waals surface area contributed by atoms with Crippen LogP contribution < -0.4 is 0 Å². The Hall–Kier alpha value is -0.550. The van der Waals surface area contributed by atoms with Crippen molar-refractivity contribution in [1.29, 1.82) is 0 Å². The van der Waals surface area contributed by atoms with Gasteiger partial charge in [-0.15, -0.1) is 0 Å². The molecule has 0 aliphatic heterocycles. The molecule has 5 N–H and O–H groups in total. The number of rotatable bonds is 3. The number of hydrogen-bond acceptors (Lipinski definition) is 5. The highest BCUT2D eigenvalue weighted by molar-refractivity contribution is 7.38. The van der Waals surface area contributed by atoms with Gasteiger partial charge in [0, 0.05) is 13.0 Å². The Kier molecular flexibility index (Phi) is 8.29. The highest BCUT2D eigenvalue weighted by Crippen LogP contribution is 2.16. The first-order valence-electron chi connectivity index (χ1n) is 4.69. The Labute approximate surface area is 95.6 Å². The second kappa shape index (κ2) is 8.58. The first-order valence-corrected chi connectivity index (χ1v) is 5.89. The molecule has 0 saturated heterocycles. The molecule has 1 atom stereocenters. The van der Waals surface area contributed by atoms with Crippen molar-refractivity contribution in [3.63, 3.8) is 0 Å². The van der Waals surface area contributed by atoms with Gasteiger partial charge in [0.15, 0.2) is 0 Å². The van der Waals surface area contributed by atoms with Crippen molar-refractivity contribution in [1.82, 2.24) is 0 Å². The molecule has 1 aromatic rings. The number of hydrogen-bond donors (Lipinski definition) is 5. The summed E-state index contributed by atoms with van der Waals surface area (Å²) < 4.78 is 0. The molecule has 6 heteroatoms. The molecule has 1 unspecified atom stereocenters. The summed E-state index contributed by atoms with van der Waals surface area (Å²) in [6, 6.07) is 7.68. The van der Waals surface area contributed by atoms with Crippen LogP contribution in [-0.4, -0.2) is 31.5 Å². The highest BCUT2D eigenvalue weighted by atomic mass is 31.2. The van der Waals surface area contributed by atoms with E-state index >= 15 is 0 Å². The molecule has 16 heavy (non-hydrogen) atoms. The van der Waals surface area contributed by atoms with E-state index in [1.807, 2.05) is 31.2 Å². The van der Waals surface area contributed by atoms with E-state index in [4.69, 9.17) is 19.8 Å². The Morgan fingerprint density at radius 1 is 1.12 bits per heavy atom. The fourth-order valence-corrected chi connectivity index (χ4v) is 1.08. The van der Waals surface area contributed by atoms with Crippen molar-refractivity contribution in [2.24, 2.45) is 0 Å². The van der Waals surface area contributed by atoms with Crippen molar-refractivity contribution < 1.29 is 24.9 Å². The van der Waals surface area contributed by atoms with Crippen LogP contribution in [0.5, 0.6) is 0 Å². The SMILES string of the molecule is Cc1ccc(C(O)CCO)cc1.OP(O)O. The van der Waals surface area contributed by atoms with Crippen LogP contribution in [0.15, 0.2) is 24.3 Å². The van der Waals surface area contributed by atoms with Crippen molar-refractivity contribution in [3.8, 4) is 0 Å². The van der Waals surface area contributed by atoms with E-state index in [9.17, 15) is 5.11 Å². The maximum Gasteiger partial charge on any atom is 0.324 e. The molecule has 0 amide bonds. The predicted molar refractivity (Wildman–Crippen MR) is 61.4 cm³/mol. The van der Waals surface area contributed by atoms with Gasteiger partial charge in [-0.05, 0) is 12.5 Å². The van der Waals surface area contributed by atoms with Crippen molar-refractivity contribution in [3.05, 3.63) is 35.4 Å². The molecule has 0 fully saturated rings. The van der Waals surface area contributed by atoms with Crippen molar-refractivity contribution in [2.75, 3.05) is 6.61 Å². The van der Waals surface area contributed by atoms with Gasteiger partial charge in [-0.2, -0.15) is 0 Å². The third-order valence-corrected chi connectivity index (χ3v) is 1.86. The van der Waals surface area contributed by atoms with Crippen LogP contribution in [0.4, 0.5) is 0 Å². The molecule has 0 heterocycles. The number of benzene rings is 1. The molecule has 0 spiro atoms. The highest BCUT2D eigenvalue weighted by Gasteiger charge is 2.04. The van der Waals surface area contributed by atoms with E-state index in [0.717, 1.165) is 5.56 Å². The minimum atomic E-state index is -2.62. The van der Waals surface area contributed by atoms with Crippen LogP contribution in [0.2, 0.25) is 0 Å². The number of aliphatic hydroxyl groups excluding tert-OH is 2. The van der Waals surface area contributed by atoms with Crippen LogP contribution in [0.25, 0.3) is 0 Å². The average Bonchev–Trinajstić information content (AvgIpc) is 2.18. The third-order valence-electron chi connectivity index (χ3n) is 1.86. The fourth-order valence-electron chi connectivity index (χ4n) is 1.08. The summed E-state index contributed by atoms with van der Waals surface area (Å²) in [5.74, 6) is 0. The van der Waals surface area contributed by atoms with Gasteiger partial charge < -0.3 is 24.9 Å². The zero-order valence-corrected chi connectivity index (χ0v) is 9.88. The van der Waals surface area contributed by atoms with E-state index in [0.29, 0.717) is 6.42 Å². The topological polar surface area (TPSA) is 101 Å². The molecule has 0 aliphatic rings. The van der Waals surface area contributed by atoms with Gasteiger partial charge in [-0.25, -0.2) is 0 Å². The Bertz CT molecular complexity index is 272.